The van der Waals surface area contributed by atoms with E-state index in [1.54, 1.807) is 26.0 Å². The van der Waals surface area contributed by atoms with Gasteiger partial charge < -0.3 is 10.2 Å². The van der Waals surface area contributed by atoms with E-state index in [2.05, 4.69) is 22.0 Å². The van der Waals surface area contributed by atoms with E-state index >= 15 is 0 Å². The number of amides is 1. The topological polar surface area (TPSA) is 78.5 Å². The van der Waals surface area contributed by atoms with Crippen molar-refractivity contribution in [1.82, 2.24) is 9.62 Å². The third-order valence-corrected chi connectivity index (χ3v) is 7.56. The minimum Gasteiger partial charge on any atom is -0.322 e. The molecule has 0 radical (unpaired) electrons. The molecule has 2 aromatic carbocycles. The van der Waals surface area contributed by atoms with Crippen molar-refractivity contribution < 1.29 is 17.6 Å². The van der Waals surface area contributed by atoms with Gasteiger partial charge in [-0.25, -0.2) is 17.5 Å². The first-order chi connectivity index (χ1) is 14.6. The fourth-order valence-electron chi connectivity index (χ4n) is 3.95. The molecule has 1 fully saturated rings. The normalized spacial score (nSPS) is 16.3. The number of piperidine rings is 1. The fraction of sp³-hybridized carbons (Fsp3) is 0.435. The van der Waals surface area contributed by atoms with E-state index in [1.807, 2.05) is 6.92 Å². The monoisotopic (exact) mass is 483 g/mol. The summed E-state index contributed by atoms with van der Waals surface area (Å²) in [5.74, 6) is -0.462. The number of carbonyl (C=O) groups excluding carboxylic acids is 1. The van der Waals surface area contributed by atoms with E-state index in [-0.39, 0.29) is 29.3 Å². The van der Waals surface area contributed by atoms with Gasteiger partial charge in [0.25, 0.3) is 5.91 Å². The smallest absolute Gasteiger partial charge is 0.255 e. The molecule has 2 aromatic rings. The largest absolute Gasteiger partial charge is 0.322 e. The van der Waals surface area contributed by atoms with Crippen LogP contribution in [0.15, 0.2) is 41.3 Å². The standard InChI is InChI=1S/C23H30FN3O3S.ClH/c1-15-13-19(24)5-7-21(15)23(28)25-22-8-6-20(14-16(22)2)31(29,30)26-17(3)18-9-11-27(4)12-10-18;/h5-8,13-14,17-18,26H,9-12H2,1-4H3,(H,25,28);1H/t17-;/m1./s1. The van der Waals surface area contributed by atoms with Crippen LogP contribution in [0.2, 0.25) is 0 Å². The average molecular weight is 484 g/mol. The van der Waals surface area contributed by atoms with Crippen LogP contribution in [-0.4, -0.2) is 45.4 Å². The summed E-state index contributed by atoms with van der Waals surface area (Å²) in [6, 6.07) is 8.44. The molecular formula is C23H31ClFN3O3S. The highest BCUT2D eigenvalue weighted by Crippen LogP contribution is 2.24. The van der Waals surface area contributed by atoms with E-state index in [0.29, 0.717) is 28.3 Å². The molecule has 9 heteroatoms. The molecular weight excluding hydrogens is 453 g/mol. The molecule has 0 aliphatic carbocycles. The Kier molecular flexibility index (Phi) is 8.82. The van der Waals surface area contributed by atoms with Gasteiger partial charge in [-0.2, -0.15) is 0 Å². The molecule has 3 rings (SSSR count). The maximum Gasteiger partial charge on any atom is 0.255 e. The lowest BCUT2D eigenvalue weighted by Crippen LogP contribution is -2.42. The number of hydrogen-bond acceptors (Lipinski definition) is 4. The molecule has 1 heterocycles. The maximum absolute atomic E-state index is 13.3. The number of nitrogens with one attached hydrogen (secondary N) is 2. The number of sulfonamides is 1. The highest BCUT2D eigenvalue weighted by Gasteiger charge is 2.26. The fourth-order valence-corrected chi connectivity index (χ4v) is 5.35. The summed E-state index contributed by atoms with van der Waals surface area (Å²) in [7, 11) is -1.60. The first kappa shape index (κ1) is 26.3. The van der Waals surface area contributed by atoms with Crippen LogP contribution in [0.25, 0.3) is 0 Å². The molecule has 0 aromatic heterocycles. The second-order valence-corrected chi connectivity index (χ2v) is 10.2. The van der Waals surface area contributed by atoms with E-state index in [1.165, 1.54) is 24.3 Å². The van der Waals surface area contributed by atoms with Crippen molar-refractivity contribution in [2.24, 2.45) is 5.92 Å². The van der Waals surface area contributed by atoms with Gasteiger partial charge in [-0.3, -0.25) is 4.79 Å². The molecule has 1 atom stereocenters. The van der Waals surface area contributed by atoms with Crippen molar-refractivity contribution in [3.05, 3.63) is 58.9 Å². The Morgan fingerprint density at radius 2 is 1.75 bits per heavy atom. The number of benzene rings is 2. The van der Waals surface area contributed by atoms with Gasteiger partial charge in [0.1, 0.15) is 5.82 Å². The Balaban J connectivity index is 0.00000363. The molecule has 1 aliphatic rings. The molecule has 176 valence electrons. The second-order valence-electron chi connectivity index (χ2n) is 8.44. The summed E-state index contributed by atoms with van der Waals surface area (Å²) in [5, 5.41) is 2.78. The molecule has 0 spiro atoms. The first-order valence-corrected chi connectivity index (χ1v) is 11.9. The first-order valence-electron chi connectivity index (χ1n) is 10.5. The summed E-state index contributed by atoms with van der Waals surface area (Å²) in [4.78, 5) is 15.0. The lowest BCUT2D eigenvalue weighted by molar-refractivity contribution is 0.102. The van der Waals surface area contributed by atoms with E-state index < -0.39 is 15.8 Å². The van der Waals surface area contributed by atoms with Crippen LogP contribution in [-0.2, 0) is 10.0 Å². The summed E-state index contributed by atoms with van der Waals surface area (Å²) >= 11 is 0. The number of halogens is 2. The number of anilines is 1. The third kappa shape index (κ3) is 6.28. The summed E-state index contributed by atoms with van der Waals surface area (Å²) in [6.07, 6.45) is 1.93. The van der Waals surface area contributed by atoms with Crippen molar-refractivity contribution in [2.45, 2.75) is 44.6 Å². The number of hydrogen-bond donors (Lipinski definition) is 2. The molecule has 2 N–H and O–H groups in total. The number of nitrogens with zero attached hydrogens (tertiary/aromatic N) is 1. The van der Waals surface area contributed by atoms with Crippen molar-refractivity contribution >= 4 is 34.0 Å². The Hall–Kier alpha value is -2.00. The van der Waals surface area contributed by atoms with Crippen LogP contribution in [0, 0.1) is 25.6 Å². The van der Waals surface area contributed by atoms with Crippen molar-refractivity contribution in [2.75, 3.05) is 25.5 Å². The van der Waals surface area contributed by atoms with Gasteiger partial charge in [-0.1, -0.05) is 0 Å². The van der Waals surface area contributed by atoms with Crippen molar-refractivity contribution in [3.63, 3.8) is 0 Å². The van der Waals surface area contributed by atoms with Gasteiger partial charge in [-0.05, 0) is 107 Å². The Morgan fingerprint density at radius 1 is 1.09 bits per heavy atom. The zero-order valence-corrected chi connectivity index (χ0v) is 20.4. The predicted octanol–water partition coefficient (Wildman–Crippen LogP) is 4.13. The summed E-state index contributed by atoms with van der Waals surface area (Å²) in [6.45, 7) is 7.26. The van der Waals surface area contributed by atoms with Crippen LogP contribution >= 0.6 is 12.4 Å². The highest BCUT2D eigenvalue weighted by atomic mass is 35.5. The van der Waals surface area contributed by atoms with E-state index in [4.69, 9.17) is 0 Å². The minimum atomic E-state index is -3.67. The van der Waals surface area contributed by atoms with Gasteiger partial charge in [-0.15, -0.1) is 12.4 Å². The Bertz CT molecular complexity index is 1070. The molecule has 0 unspecified atom stereocenters. The van der Waals surface area contributed by atoms with Crippen LogP contribution in [0.1, 0.15) is 41.3 Å². The lowest BCUT2D eigenvalue weighted by atomic mass is 9.91. The maximum atomic E-state index is 13.3. The van der Waals surface area contributed by atoms with E-state index in [9.17, 15) is 17.6 Å². The quantitative estimate of drug-likeness (QED) is 0.647. The van der Waals surface area contributed by atoms with Gasteiger partial charge in [0.15, 0.2) is 0 Å². The molecule has 6 nitrogen and oxygen atoms in total. The van der Waals surface area contributed by atoms with Gasteiger partial charge >= 0.3 is 0 Å². The summed E-state index contributed by atoms with van der Waals surface area (Å²) < 4.78 is 41.9. The molecule has 1 amide bonds. The molecule has 1 aliphatic heterocycles. The number of rotatable bonds is 6. The zero-order valence-electron chi connectivity index (χ0n) is 18.8. The van der Waals surface area contributed by atoms with Gasteiger partial charge in [0, 0.05) is 17.3 Å². The molecule has 32 heavy (non-hydrogen) atoms. The Labute approximate surface area is 196 Å². The van der Waals surface area contributed by atoms with Crippen LogP contribution < -0.4 is 10.0 Å². The third-order valence-electron chi connectivity index (χ3n) is 6.00. The molecule has 0 saturated carbocycles. The van der Waals surface area contributed by atoms with Crippen molar-refractivity contribution in [3.8, 4) is 0 Å². The average Bonchev–Trinajstić information content (AvgIpc) is 2.69. The second kappa shape index (κ2) is 10.7. The summed E-state index contributed by atoms with van der Waals surface area (Å²) in [5.41, 5.74) is 2.03. The van der Waals surface area contributed by atoms with Crippen LogP contribution in [0.3, 0.4) is 0 Å². The number of likely N-dealkylation sites (tertiary alicyclic amines) is 1. The van der Waals surface area contributed by atoms with E-state index in [0.717, 1.165) is 25.9 Å². The zero-order chi connectivity index (χ0) is 22.8. The van der Waals surface area contributed by atoms with Gasteiger partial charge in [0.05, 0.1) is 4.90 Å². The molecule has 1 saturated heterocycles. The minimum absolute atomic E-state index is 0. The van der Waals surface area contributed by atoms with Crippen LogP contribution in [0.5, 0.6) is 0 Å². The number of aryl methyl sites for hydroxylation is 2. The predicted molar refractivity (Wildman–Crippen MR) is 128 cm³/mol. The SMILES string of the molecule is Cc1cc(S(=O)(=O)N[C@H](C)C2CCN(C)CC2)ccc1NC(=O)c1ccc(F)cc1C.Cl. The Morgan fingerprint density at radius 3 is 2.34 bits per heavy atom. The highest BCUT2D eigenvalue weighted by molar-refractivity contribution is 7.89. The van der Waals surface area contributed by atoms with Crippen molar-refractivity contribution in [1.29, 1.82) is 0 Å². The van der Waals surface area contributed by atoms with Gasteiger partial charge in [0.2, 0.25) is 10.0 Å². The van der Waals surface area contributed by atoms with Crippen LogP contribution in [0.4, 0.5) is 10.1 Å². The lowest BCUT2D eigenvalue weighted by Gasteiger charge is -2.32. The number of carbonyl (C=O) groups is 1. The molecule has 0 bridgehead atoms.